The van der Waals surface area contributed by atoms with Gasteiger partial charge in [0.1, 0.15) is 11.9 Å². The average molecular weight is 903 g/mol. The van der Waals surface area contributed by atoms with E-state index in [1.807, 2.05) is 0 Å². The molecule has 334 valence electrons. The predicted octanol–water partition coefficient (Wildman–Crippen LogP) is 7.23. The van der Waals surface area contributed by atoms with Crippen molar-refractivity contribution >= 4 is 58.6 Å². The zero-order valence-corrected chi connectivity index (χ0v) is 35.0. The van der Waals surface area contributed by atoms with Gasteiger partial charge in [0.05, 0.1) is 11.6 Å². The van der Waals surface area contributed by atoms with Crippen LogP contribution >= 0.6 is 11.6 Å². The van der Waals surface area contributed by atoms with Gasteiger partial charge in [-0.25, -0.2) is 4.39 Å². The summed E-state index contributed by atoms with van der Waals surface area (Å²) < 4.78 is 54.7. The van der Waals surface area contributed by atoms with Gasteiger partial charge in [-0.3, -0.25) is 38.9 Å². The second-order valence-electron chi connectivity index (χ2n) is 15.8. The molecule has 7 rings (SSSR count). The lowest BCUT2D eigenvalue weighted by Gasteiger charge is -2.29. The topological polar surface area (TPSA) is 183 Å². The van der Waals surface area contributed by atoms with Crippen molar-refractivity contribution in [3.63, 3.8) is 0 Å². The van der Waals surface area contributed by atoms with Crippen LogP contribution in [0.3, 0.4) is 0 Å². The maximum Gasteiger partial charge on any atom is 0.416 e. The van der Waals surface area contributed by atoms with Crippen LogP contribution < -0.4 is 26.6 Å². The van der Waals surface area contributed by atoms with E-state index in [1.54, 1.807) is 18.2 Å². The van der Waals surface area contributed by atoms with Crippen LogP contribution in [0.15, 0.2) is 72.8 Å². The van der Waals surface area contributed by atoms with Crippen molar-refractivity contribution in [1.82, 2.24) is 26.2 Å². The largest absolute Gasteiger partial charge is 0.416 e. The number of unbranched alkanes of at least 4 members (excludes halogenated alkanes) is 6. The maximum atomic E-state index is 14.3. The number of carbonyl (C=O) groups is 7. The molecule has 0 radical (unpaired) electrons. The highest BCUT2D eigenvalue weighted by atomic mass is 35.5. The summed E-state index contributed by atoms with van der Waals surface area (Å²) in [6.07, 6.45) is 1.52. The van der Waals surface area contributed by atoms with E-state index < -0.39 is 53.3 Å². The number of benzene rings is 4. The van der Waals surface area contributed by atoms with Crippen molar-refractivity contribution in [1.29, 1.82) is 0 Å². The molecule has 3 aliphatic heterocycles. The van der Waals surface area contributed by atoms with Crippen LogP contribution in [0.1, 0.15) is 138 Å². The minimum absolute atomic E-state index is 0.00195. The third-order valence-corrected chi connectivity index (χ3v) is 11.8. The predicted molar refractivity (Wildman–Crippen MR) is 226 cm³/mol. The lowest BCUT2D eigenvalue weighted by atomic mass is 9.94. The van der Waals surface area contributed by atoms with Crippen LogP contribution in [0.2, 0.25) is 5.02 Å². The summed E-state index contributed by atoms with van der Waals surface area (Å²) in [6.45, 7) is 0.940. The third-order valence-electron chi connectivity index (χ3n) is 11.4. The summed E-state index contributed by atoms with van der Waals surface area (Å²) in [7, 11) is 0. The molecule has 3 heterocycles. The highest BCUT2D eigenvalue weighted by Gasteiger charge is 2.40. The van der Waals surface area contributed by atoms with E-state index in [1.165, 1.54) is 29.2 Å². The van der Waals surface area contributed by atoms with E-state index >= 15 is 0 Å². The van der Waals surface area contributed by atoms with Crippen LogP contribution in [0.4, 0.5) is 23.2 Å². The summed E-state index contributed by atoms with van der Waals surface area (Å²) in [5.41, 5.74) is 0.418. The van der Waals surface area contributed by atoms with E-state index in [0.717, 1.165) is 62.8 Å². The standard InChI is InChI=1S/C46H43ClF4N6O7/c47-34-14-12-30(48)23-32(34)39-38-33(43(62)56-39)21-27(22-35(38)54-42(61)25-9-8-10-29(20-25)46(49,50)51)41(60)53-18-7-5-3-1-2-4-6-17-52-40(59)26-11-13-31-28(19-26)24-57(45(31)64)36-15-16-37(58)55-44(36)63/h8-14,19-23,36,39H,1-7,15-18,24H2,(H,52,59)(H,53,60)(H,54,61)(H,56,62)(H,55,58,63)/t36?,39-/m0/s1. The summed E-state index contributed by atoms with van der Waals surface area (Å²) in [6, 6.07) is 13.0. The molecule has 0 saturated carbocycles. The Morgan fingerprint density at radius 1 is 0.750 bits per heavy atom. The molecule has 0 bridgehead atoms. The van der Waals surface area contributed by atoms with Crippen LogP contribution in [-0.4, -0.2) is 65.4 Å². The molecule has 0 aromatic heterocycles. The molecule has 13 nitrogen and oxygen atoms in total. The van der Waals surface area contributed by atoms with Crippen molar-refractivity contribution in [2.75, 3.05) is 18.4 Å². The number of piperidine rings is 1. The Bertz CT molecular complexity index is 2550. The number of imide groups is 1. The molecule has 1 unspecified atom stereocenters. The van der Waals surface area contributed by atoms with Gasteiger partial charge in [-0.15, -0.1) is 0 Å². The fraction of sp³-hybridized carbons (Fsp3) is 0.326. The molecule has 0 aliphatic carbocycles. The van der Waals surface area contributed by atoms with Gasteiger partial charge in [-0.1, -0.05) is 49.8 Å². The van der Waals surface area contributed by atoms with E-state index in [4.69, 9.17) is 11.6 Å². The van der Waals surface area contributed by atoms with Crippen molar-refractivity contribution < 1.29 is 51.1 Å². The monoisotopic (exact) mass is 902 g/mol. The van der Waals surface area contributed by atoms with Crippen molar-refractivity contribution in [2.45, 2.75) is 82.6 Å². The molecule has 7 amide bonds. The molecule has 1 fully saturated rings. The molecule has 18 heteroatoms. The number of nitrogens with zero attached hydrogens (tertiary/aromatic N) is 1. The molecule has 4 aromatic carbocycles. The molecular weight excluding hydrogens is 860 g/mol. The molecule has 1 saturated heterocycles. The first-order valence-corrected chi connectivity index (χ1v) is 21.2. The Morgan fingerprint density at radius 3 is 2.11 bits per heavy atom. The number of rotatable bonds is 16. The normalized spacial score (nSPS) is 16.8. The molecule has 64 heavy (non-hydrogen) atoms. The first-order valence-electron chi connectivity index (χ1n) is 20.9. The SMILES string of the molecule is O=C1CCC(N2Cc3cc(C(=O)NCCCCCCCCCNC(=O)c4cc(NC(=O)c5cccc(C(F)(F)F)c5)c5c(c4)C(=O)N[C@H]5c4cc(F)ccc4Cl)ccc3C2=O)C(=O)N1. The number of nitrogens with one attached hydrogen (secondary N) is 5. The lowest BCUT2D eigenvalue weighted by molar-refractivity contribution is -0.138. The Kier molecular flexibility index (Phi) is 13.8. The second-order valence-corrected chi connectivity index (χ2v) is 16.3. The highest BCUT2D eigenvalue weighted by Crippen LogP contribution is 2.40. The van der Waals surface area contributed by atoms with Gasteiger partial charge >= 0.3 is 6.18 Å². The van der Waals surface area contributed by atoms with E-state index in [0.29, 0.717) is 42.3 Å². The summed E-state index contributed by atoms with van der Waals surface area (Å²) >= 11 is 6.38. The second kappa shape index (κ2) is 19.4. The molecule has 2 atom stereocenters. The number of anilines is 1. The van der Waals surface area contributed by atoms with Crippen molar-refractivity contribution in [3.8, 4) is 0 Å². The summed E-state index contributed by atoms with van der Waals surface area (Å²) in [5.74, 6) is -4.20. The van der Waals surface area contributed by atoms with E-state index in [9.17, 15) is 51.1 Å². The van der Waals surface area contributed by atoms with Crippen molar-refractivity contribution in [2.24, 2.45) is 0 Å². The number of amides is 7. The lowest BCUT2D eigenvalue weighted by Crippen LogP contribution is -2.52. The molecule has 4 aromatic rings. The molecule has 3 aliphatic rings. The zero-order valence-electron chi connectivity index (χ0n) is 34.3. The minimum atomic E-state index is -4.71. The minimum Gasteiger partial charge on any atom is -0.352 e. The molecule has 0 spiro atoms. The average Bonchev–Trinajstić information content (AvgIpc) is 3.78. The van der Waals surface area contributed by atoms with Crippen LogP contribution in [0, 0.1) is 5.82 Å². The van der Waals surface area contributed by atoms with Crippen molar-refractivity contribution in [3.05, 3.63) is 134 Å². The van der Waals surface area contributed by atoms with Gasteiger partial charge in [0, 0.05) is 75.7 Å². The van der Waals surface area contributed by atoms with Gasteiger partial charge in [0.15, 0.2) is 0 Å². The first-order chi connectivity index (χ1) is 30.6. The number of hydrogen-bond acceptors (Lipinski definition) is 7. The van der Waals surface area contributed by atoms with Crippen LogP contribution in [-0.2, 0) is 22.3 Å². The number of fused-ring (bicyclic) bond motifs is 2. The summed E-state index contributed by atoms with van der Waals surface area (Å²) in [5, 5.41) is 13.4. The highest BCUT2D eigenvalue weighted by molar-refractivity contribution is 6.31. The smallest absolute Gasteiger partial charge is 0.352 e. The first kappa shape index (κ1) is 45.4. The summed E-state index contributed by atoms with van der Waals surface area (Å²) in [4.78, 5) is 91.1. The Morgan fingerprint density at radius 2 is 1.42 bits per heavy atom. The van der Waals surface area contributed by atoms with Gasteiger partial charge in [-0.2, -0.15) is 13.2 Å². The van der Waals surface area contributed by atoms with E-state index in [-0.39, 0.29) is 75.6 Å². The number of carbonyl (C=O) groups excluding carboxylic acids is 7. The van der Waals surface area contributed by atoms with Gasteiger partial charge in [0.25, 0.3) is 29.5 Å². The van der Waals surface area contributed by atoms with Gasteiger partial charge in [-0.05, 0) is 91.6 Å². The molecular formula is C46H43ClF4N6O7. The number of alkyl halides is 3. The Labute approximate surface area is 369 Å². The van der Waals surface area contributed by atoms with Crippen LogP contribution in [0.25, 0.3) is 0 Å². The van der Waals surface area contributed by atoms with Crippen LogP contribution in [0.5, 0.6) is 0 Å². The molecule has 5 N–H and O–H groups in total. The van der Waals surface area contributed by atoms with E-state index in [2.05, 4.69) is 26.6 Å². The number of halogens is 5. The number of hydrogen-bond donors (Lipinski definition) is 5. The maximum absolute atomic E-state index is 14.3. The Balaban J connectivity index is 0.864. The fourth-order valence-electron chi connectivity index (χ4n) is 8.13. The third kappa shape index (κ3) is 10.3. The van der Waals surface area contributed by atoms with Gasteiger partial charge < -0.3 is 26.2 Å². The Hall–Kier alpha value is -6.62. The quantitative estimate of drug-likeness (QED) is 0.0447. The fourth-order valence-corrected chi connectivity index (χ4v) is 8.35. The van der Waals surface area contributed by atoms with Gasteiger partial charge in [0.2, 0.25) is 11.8 Å². The zero-order chi connectivity index (χ0) is 45.7.